The van der Waals surface area contributed by atoms with E-state index in [1.807, 2.05) is 5.38 Å². The number of thioether (sulfide) groups is 1. The number of nitrogens with zero attached hydrogens (tertiary/aromatic N) is 1. The molecule has 1 aromatic rings. The molecule has 0 radical (unpaired) electrons. The zero-order valence-electron chi connectivity index (χ0n) is 9.01. The minimum atomic E-state index is -0.888. The predicted octanol–water partition coefficient (Wildman–Crippen LogP) is 1.56. The highest BCUT2D eigenvalue weighted by molar-refractivity contribution is 7.99. The Bertz CT molecular complexity index is 433. The number of hydrogen-bond donors (Lipinski definition) is 2. The van der Waals surface area contributed by atoms with E-state index in [-0.39, 0.29) is 6.03 Å². The van der Waals surface area contributed by atoms with Crippen LogP contribution in [0.1, 0.15) is 9.67 Å². The van der Waals surface area contributed by atoms with Crippen molar-refractivity contribution >= 4 is 35.1 Å². The molecule has 0 bridgehead atoms. The molecule has 0 aromatic carbocycles. The molecule has 0 aliphatic carbocycles. The van der Waals surface area contributed by atoms with E-state index in [1.54, 1.807) is 22.7 Å². The summed E-state index contributed by atoms with van der Waals surface area (Å²) < 4.78 is 0. The lowest BCUT2D eigenvalue weighted by Crippen LogP contribution is -2.29. The molecular weight excluding hydrogens is 260 g/mol. The van der Waals surface area contributed by atoms with E-state index >= 15 is 0 Å². The summed E-state index contributed by atoms with van der Waals surface area (Å²) in [5.74, 6) is -0.107. The molecule has 1 aliphatic heterocycles. The Hall–Kier alpha value is -1.21. The number of nitrogens with one attached hydrogen (secondary N) is 1. The summed E-state index contributed by atoms with van der Waals surface area (Å²) in [7, 11) is 0. The maximum Gasteiger partial charge on any atom is 0.345 e. The van der Waals surface area contributed by atoms with Crippen molar-refractivity contribution in [2.24, 2.45) is 0 Å². The molecule has 2 heterocycles. The Balaban J connectivity index is 1.77. The van der Waals surface area contributed by atoms with Gasteiger partial charge in [-0.1, -0.05) is 0 Å². The van der Waals surface area contributed by atoms with Crippen LogP contribution in [0.4, 0.5) is 4.79 Å². The van der Waals surface area contributed by atoms with Gasteiger partial charge in [-0.3, -0.25) is 0 Å². The first-order valence-electron chi connectivity index (χ1n) is 5.14. The van der Waals surface area contributed by atoms with Gasteiger partial charge in [-0.15, -0.1) is 23.1 Å². The van der Waals surface area contributed by atoms with Gasteiger partial charge in [-0.25, -0.2) is 9.59 Å². The maximum atomic E-state index is 11.2. The molecule has 2 amide bonds. The van der Waals surface area contributed by atoms with Crippen LogP contribution in [0.2, 0.25) is 0 Å². The van der Waals surface area contributed by atoms with E-state index in [0.717, 1.165) is 17.2 Å². The molecule has 1 aliphatic rings. The van der Waals surface area contributed by atoms with Crippen molar-refractivity contribution in [3.63, 3.8) is 0 Å². The molecule has 0 saturated carbocycles. The molecule has 2 rings (SSSR count). The fourth-order valence-corrected chi connectivity index (χ4v) is 3.35. The second kappa shape index (κ2) is 5.42. The molecule has 1 aromatic heterocycles. The smallest absolute Gasteiger partial charge is 0.345 e. The first-order valence-corrected chi connectivity index (χ1v) is 7.01. The minimum absolute atomic E-state index is 0.0119. The van der Waals surface area contributed by atoms with Gasteiger partial charge in [0, 0.05) is 35.7 Å². The summed E-state index contributed by atoms with van der Waals surface area (Å²) in [5, 5.41) is 13.3. The van der Waals surface area contributed by atoms with Crippen molar-refractivity contribution in [2.45, 2.75) is 4.90 Å². The largest absolute Gasteiger partial charge is 0.477 e. The topological polar surface area (TPSA) is 69.6 Å². The molecule has 5 nitrogen and oxygen atoms in total. The highest BCUT2D eigenvalue weighted by Gasteiger charge is 2.18. The van der Waals surface area contributed by atoms with Gasteiger partial charge in [0.2, 0.25) is 0 Å². The first kappa shape index (κ1) is 12.3. The number of amides is 2. The fourth-order valence-electron chi connectivity index (χ4n) is 1.50. The van der Waals surface area contributed by atoms with Crippen LogP contribution in [0.15, 0.2) is 16.3 Å². The lowest BCUT2D eigenvalue weighted by atomic mass is 10.5. The Morgan fingerprint density at radius 3 is 3.06 bits per heavy atom. The number of urea groups is 1. The number of carboxylic acid groups (broad SMARTS) is 1. The number of hydrogen-bond acceptors (Lipinski definition) is 4. The van der Waals surface area contributed by atoms with Crippen LogP contribution in [0.3, 0.4) is 0 Å². The van der Waals surface area contributed by atoms with E-state index in [1.165, 1.54) is 11.3 Å². The van der Waals surface area contributed by atoms with Crippen molar-refractivity contribution in [3.8, 4) is 0 Å². The Labute approximate surface area is 107 Å². The van der Waals surface area contributed by atoms with Crippen LogP contribution in [0, 0.1) is 0 Å². The standard InChI is InChI=1S/C10H12N2O3S2/c13-9(14)8-5-7(6-17-8)16-4-3-12-2-1-11-10(12)15/h5-6H,1-4H2,(H,11,15)(H,13,14). The third-order valence-electron chi connectivity index (χ3n) is 2.36. The van der Waals surface area contributed by atoms with Crippen molar-refractivity contribution in [1.29, 1.82) is 0 Å². The molecule has 7 heteroatoms. The zero-order valence-corrected chi connectivity index (χ0v) is 10.6. The van der Waals surface area contributed by atoms with Crippen LogP contribution in [-0.2, 0) is 0 Å². The third kappa shape index (κ3) is 3.13. The van der Waals surface area contributed by atoms with Crippen LogP contribution < -0.4 is 5.32 Å². The predicted molar refractivity (Wildman–Crippen MR) is 67.0 cm³/mol. The molecule has 17 heavy (non-hydrogen) atoms. The molecule has 0 unspecified atom stereocenters. The van der Waals surface area contributed by atoms with Gasteiger partial charge >= 0.3 is 12.0 Å². The number of carboxylic acids is 1. The van der Waals surface area contributed by atoms with Crippen molar-refractivity contribution in [2.75, 3.05) is 25.4 Å². The fraction of sp³-hybridized carbons (Fsp3) is 0.400. The highest BCUT2D eigenvalue weighted by atomic mass is 32.2. The summed E-state index contributed by atoms with van der Waals surface area (Å²) in [6, 6.07) is 1.66. The Kier molecular flexibility index (Phi) is 3.90. The second-order valence-electron chi connectivity index (χ2n) is 3.52. The number of thiophene rings is 1. The Morgan fingerprint density at radius 2 is 2.47 bits per heavy atom. The summed E-state index contributed by atoms with van der Waals surface area (Å²) in [5.41, 5.74) is 0. The Morgan fingerprint density at radius 1 is 1.65 bits per heavy atom. The maximum absolute atomic E-state index is 11.2. The molecule has 1 saturated heterocycles. The summed E-state index contributed by atoms with van der Waals surface area (Å²) in [6.45, 7) is 2.16. The monoisotopic (exact) mass is 272 g/mol. The van der Waals surface area contributed by atoms with Gasteiger partial charge in [0.05, 0.1) is 0 Å². The average molecular weight is 272 g/mol. The van der Waals surface area contributed by atoms with E-state index in [9.17, 15) is 9.59 Å². The normalized spacial score (nSPS) is 15.1. The number of rotatable bonds is 5. The van der Waals surface area contributed by atoms with E-state index in [2.05, 4.69) is 5.32 Å². The van der Waals surface area contributed by atoms with Gasteiger partial charge < -0.3 is 15.3 Å². The van der Waals surface area contributed by atoms with Crippen molar-refractivity contribution in [3.05, 3.63) is 16.3 Å². The molecule has 0 spiro atoms. The second-order valence-corrected chi connectivity index (χ2v) is 5.60. The molecule has 92 valence electrons. The van der Waals surface area contributed by atoms with E-state index in [4.69, 9.17) is 5.11 Å². The summed E-state index contributed by atoms with van der Waals surface area (Å²) in [6.07, 6.45) is 0. The van der Waals surface area contributed by atoms with Gasteiger partial charge in [0.1, 0.15) is 4.88 Å². The van der Waals surface area contributed by atoms with Crippen LogP contribution >= 0.6 is 23.1 Å². The van der Waals surface area contributed by atoms with Crippen LogP contribution in [-0.4, -0.2) is 47.4 Å². The number of carbonyl (C=O) groups excluding carboxylic acids is 1. The van der Waals surface area contributed by atoms with Crippen molar-refractivity contribution < 1.29 is 14.7 Å². The molecular formula is C10H12N2O3S2. The van der Waals surface area contributed by atoms with Gasteiger partial charge in [0.25, 0.3) is 0 Å². The van der Waals surface area contributed by atoms with Gasteiger partial charge in [-0.2, -0.15) is 0 Å². The van der Waals surface area contributed by atoms with E-state index < -0.39 is 5.97 Å². The van der Waals surface area contributed by atoms with Crippen molar-refractivity contribution in [1.82, 2.24) is 10.2 Å². The molecule has 0 atom stereocenters. The summed E-state index contributed by atoms with van der Waals surface area (Å²) >= 11 is 2.80. The van der Waals surface area contributed by atoms with Gasteiger partial charge in [0.15, 0.2) is 0 Å². The first-order chi connectivity index (χ1) is 8.16. The van der Waals surface area contributed by atoms with Crippen LogP contribution in [0.25, 0.3) is 0 Å². The zero-order chi connectivity index (χ0) is 12.3. The highest BCUT2D eigenvalue weighted by Crippen LogP contribution is 2.24. The lowest BCUT2D eigenvalue weighted by molar-refractivity contribution is 0.0702. The quantitative estimate of drug-likeness (QED) is 0.798. The number of aromatic carboxylic acids is 1. The molecule has 2 N–H and O–H groups in total. The SMILES string of the molecule is O=C(O)c1cc(SCCN2CCNC2=O)cs1. The van der Waals surface area contributed by atoms with Crippen LogP contribution in [0.5, 0.6) is 0 Å². The average Bonchev–Trinajstić information content (AvgIpc) is 2.89. The summed E-state index contributed by atoms with van der Waals surface area (Å²) in [4.78, 5) is 25.0. The minimum Gasteiger partial charge on any atom is -0.477 e. The number of carbonyl (C=O) groups is 2. The lowest BCUT2D eigenvalue weighted by Gasteiger charge is -2.12. The van der Waals surface area contributed by atoms with E-state index in [0.29, 0.717) is 18.0 Å². The third-order valence-corrected chi connectivity index (χ3v) is 4.38. The molecule has 1 fully saturated rings. The van der Waals surface area contributed by atoms with Gasteiger partial charge in [-0.05, 0) is 6.07 Å².